The second kappa shape index (κ2) is 4.12. The number of primary amides is 1. The summed E-state index contributed by atoms with van der Waals surface area (Å²) in [5.74, 6) is 5.62. The van der Waals surface area contributed by atoms with Crippen LogP contribution in [-0.4, -0.2) is 11.1 Å². The molecule has 4 nitrogen and oxygen atoms in total. The number of hydrogen-bond donors (Lipinski definition) is 1. The third-order valence-corrected chi connectivity index (χ3v) is 1.22. The molecule has 13 heavy (non-hydrogen) atoms. The zero-order valence-electron chi connectivity index (χ0n) is 7.07. The molecule has 2 N–H and O–H groups in total. The minimum Gasteiger partial charge on any atom is -0.407 e. The standard InChI is InChI=1S/C9H8N2O2/c1-2-4-7-8(13-9(10)12)5-3-6-11-7/h3,5-6H,1H3,(H2,10,12). The Hall–Kier alpha value is -2.02. The van der Waals surface area contributed by atoms with Gasteiger partial charge in [0.2, 0.25) is 0 Å². The quantitative estimate of drug-likeness (QED) is 0.647. The average Bonchev–Trinajstić information content (AvgIpc) is 2.08. The van der Waals surface area contributed by atoms with E-state index < -0.39 is 6.09 Å². The summed E-state index contributed by atoms with van der Waals surface area (Å²) in [6, 6.07) is 3.22. The molecule has 1 rings (SSSR count). The summed E-state index contributed by atoms with van der Waals surface area (Å²) in [6.07, 6.45) is 0.695. The molecular formula is C9H8N2O2. The van der Waals surface area contributed by atoms with Gasteiger partial charge in [0.1, 0.15) is 0 Å². The molecule has 1 amide bonds. The van der Waals surface area contributed by atoms with Gasteiger partial charge in [-0.25, -0.2) is 9.78 Å². The molecule has 0 saturated carbocycles. The van der Waals surface area contributed by atoms with E-state index in [0.717, 1.165) is 0 Å². The molecule has 0 spiro atoms. The largest absolute Gasteiger partial charge is 0.410 e. The lowest BCUT2D eigenvalue weighted by Gasteiger charge is -2.00. The van der Waals surface area contributed by atoms with Gasteiger partial charge in [-0.3, -0.25) is 0 Å². The Morgan fingerprint density at radius 2 is 2.46 bits per heavy atom. The molecule has 66 valence electrons. The lowest BCUT2D eigenvalue weighted by molar-refractivity contribution is 0.210. The lowest BCUT2D eigenvalue weighted by atomic mass is 10.3. The van der Waals surface area contributed by atoms with Gasteiger partial charge >= 0.3 is 6.09 Å². The Kier molecular flexibility index (Phi) is 2.87. The van der Waals surface area contributed by atoms with Crippen molar-refractivity contribution in [3.8, 4) is 17.6 Å². The highest BCUT2D eigenvalue weighted by Crippen LogP contribution is 2.13. The van der Waals surface area contributed by atoms with Crippen LogP contribution in [0.5, 0.6) is 5.75 Å². The minimum absolute atomic E-state index is 0.282. The summed E-state index contributed by atoms with van der Waals surface area (Å²) >= 11 is 0. The number of nitrogens with zero attached hydrogens (tertiary/aromatic N) is 1. The van der Waals surface area contributed by atoms with Crippen molar-refractivity contribution in [2.24, 2.45) is 5.73 Å². The van der Waals surface area contributed by atoms with E-state index in [1.165, 1.54) is 0 Å². The first-order chi connectivity index (χ1) is 6.24. The van der Waals surface area contributed by atoms with E-state index in [1.807, 2.05) is 0 Å². The normalized spacial score (nSPS) is 8.38. The number of carbonyl (C=O) groups is 1. The maximum absolute atomic E-state index is 10.4. The summed E-state index contributed by atoms with van der Waals surface area (Å²) in [5, 5.41) is 0. The topological polar surface area (TPSA) is 65.2 Å². The number of nitrogens with two attached hydrogens (primary N) is 1. The molecule has 1 heterocycles. The zero-order chi connectivity index (χ0) is 9.68. The molecule has 0 bridgehead atoms. The Bertz CT molecular complexity index is 377. The van der Waals surface area contributed by atoms with Gasteiger partial charge in [-0.05, 0) is 25.0 Å². The van der Waals surface area contributed by atoms with Crippen molar-refractivity contribution in [3.05, 3.63) is 24.0 Å². The molecule has 4 heteroatoms. The molecular weight excluding hydrogens is 168 g/mol. The first-order valence-electron chi connectivity index (χ1n) is 3.59. The highest BCUT2D eigenvalue weighted by molar-refractivity contribution is 5.68. The lowest BCUT2D eigenvalue weighted by Crippen LogP contribution is -2.17. The SMILES string of the molecule is CC#Cc1ncccc1OC(N)=O. The highest BCUT2D eigenvalue weighted by atomic mass is 16.5. The van der Waals surface area contributed by atoms with Crippen LogP contribution in [-0.2, 0) is 0 Å². The fourth-order valence-electron chi connectivity index (χ4n) is 0.794. The van der Waals surface area contributed by atoms with Crippen LogP contribution in [0, 0.1) is 11.8 Å². The van der Waals surface area contributed by atoms with E-state index in [-0.39, 0.29) is 5.75 Å². The van der Waals surface area contributed by atoms with Crippen molar-refractivity contribution < 1.29 is 9.53 Å². The number of ether oxygens (including phenoxy) is 1. The number of amides is 1. The Morgan fingerprint density at radius 1 is 1.69 bits per heavy atom. The summed E-state index contributed by atoms with van der Waals surface area (Å²) < 4.78 is 4.67. The minimum atomic E-state index is -0.868. The molecule has 1 aromatic heterocycles. The van der Waals surface area contributed by atoms with Crippen molar-refractivity contribution in [1.29, 1.82) is 0 Å². The number of carbonyl (C=O) groups excluding carboxylic acids is 1. The van der Waals surface area contributed by atoms with Gasteiger partial charge in [0.05, 0.1) is 0 Å². The van der Waals surface area contributed by atoms with Crippen LogP contribution in [0.1, 0.15) is 12.6 Å². The van der Waals surface area contributed by atoms with Gasteiger partial charge in [-0.1, -0.05) is 5.92 Å². The summed E-state index contributed by atoms with van der Waals surface area (Å²) in [4.78, 5) is 14.4. The second-order valence-electron chi connectivity index (χ2n) is 2.15. The molecule has 0 aliphatic rings. The molecule has 0 aliphatic carbocycles. The van der Waals surface area contributed by atoms with Crippen LogP contribution in [0.3, 0.4) is 0 Å². The van der Waals surface area contributed by atoms with Crippen molar-refractivity contribution in [1.82, 2.24) is 4.98 Å². The van der Waals surface area contributed by atoms with Gasteiger partial charge in [0.25, 0.3) is 0 Å². The van der Waals surface area contributed by atoms with Gasteiger partial charge in [0, 0.05) is 6.20 Å². The van der Waals surface area contributed by atoms with Crippen LogP contribution in [0.2, 0.25) is 0 Å². The fraction of sp³-hybridized carbons (Fsp3) is 0.111. The van der Waals surface area contributed by atoms with Crippen LogP contribution in [0.15, 0.2) is 18.3 Å². The highest BCUT2D eigenvalue weighted by Gasteiger charge is 2.03. The van der Waals surface area contributed by atoms with Crippen molar-refractivity contribution in [3.63, 3.8) is 0 Å². The Balaban J connectivity index is 3.02. The second-order valence-corrected chi connectivity index (χ2v) is 2.15. The number of pyridine rings is 1. The zero-order valence-corrected chi connectivity index (χ0v) is 7.07. The third-order valence-electron chi connectivity index (χ3n) is 1.22. The van der Waals surface area contributed by atoms with E-state index in [1.54, 1.807) is 25.3 Å². The molecule has 0 fully saturated rings. The number of aromatic nitrogens is 1. The monoisotopic (exact) mass is 176 g/mol. The maximum Gasteiger partial charge on any atom is 0.410 e. The van der Waals surface area contributed by atoms with Crippen LogP contribution >= 0.6 is 0 Å². The third kappa shape index (κ3) is 2.49. The van der Waals surface area contributed by atoms with Crippen molar-refractivity contribution >= 4 is 6.09 Å². The maximum atomic E-state index is 10.4. The van der Waals surface area contributed by atoms with Gasteiger partial charge in [-0.2, -0.15) is 0 Å². The van der Waals surface area contributed by atoms with Crippen molar-refractivity contribution in [2.45, 2.75) is 6.92 Å². The van der Waals surface area contributed by atoms with Gasteiger partial charge in [-0.15, -0.1) is 0 Å². The summed E-state index contributed by atoms with van der Waals surface area (Å²) in [5.41, 5.74) is 5.26. The van der Waals surface area contributed by atoms with Crippen LogP contribution in [0.25, 0.3) is 0 Å². The van der Waals surface area contributed by atoms with E-state index in [0.29, 0.717) is 5.69 Å². The fourth-order valence-corrected chi connectivity index (χ4v) is 0.794. The average molecular weight is 176 g/mol. The van der Waals surface area contributed by atoms with Crippen LogP contribution < -0.4 is 10.5 Å². The molecule has 0 aliphatic heterocycles. The van der Waals surface area contributed by atoms with Gasteiger partial charge in [0.15, 0.2) is 11.4 Å². The molecule has 0 atom stereocenters. The van der Waals surface area contributed by atoms with E-state index in [2.05, 4.69) is 21.6 Å². The predicted octanol–water partition coefficient (Wildman–Crippen LogP) is 0.911. The molecule has 1 aromatic rings. The first kappa shape index (κ1) is 9.07. The number of hydrogen-bond acceptors (Lipinski definition) is 3. The van der Waals surface area contributed by atoms with Crippen molar-refractivity contribution in [2.75, 3.05) is 0 Å². The Morgan fingerprint density at radius 3 is 3.08 bits per heavy atom. The summed E-state index contributed by atoms with van der Waals surface area (Å²) in [6.45, 7) is 1.67. The Labute approximate surface area is 75.7 Å². The van der Waals surface area contributed by atoms with E-state index in [9.17, 15) is 4.79 Å². The van der Waals surface area contributed by atoms with E-state index in [4.69, 9.17) is 5.73 Å². The smallest absolute Gasteiger partial charge is 0.407 e. The molecule has 0 saturated heterocycles. The molecule has 0 radical (unpaired) electrons. The first-order valence-corrected chi connectivity index (χ1v) is 3.59. The van der Waals surface area contributed by atoms with Gasteiger partial charge < -0.3 is 10.5 Å². The predicted molar refractivity (Wildman–Crippen MR) is 47.0 cm³/mol. The van der Waals surface area contributed by atoms with E-state index >= 15 is 0 Å². The summed E-state index contributed by atoms with van der Waals surface area (Å²) in [7, 11) is 0. The molecule has 0 aromatic carbocycles. The van der Waals surface area contributed by atoms with Crippen LogP contribution in [0.4, 0.5) is 4.79 Å². The molecule has 0 unspecified atom stereocenters. The number of rotatable bonds is 1.